The Morgan fingerprint density at radius 3 is 2.89 bits per heavy atom. The molecule has 98 valence electrons. The van der Waals surface area contributed by atoms with E-state index in [1.54, 1.807) is 0 Å². The van der Waals surface area contributed by atoms with Crippen LogP contribution in [0.3, 0.4) is 0 Å². The molecular formula is C11H13NO5S. The number of ether oxygens (including phenoxy) is 1. The van der Waals surface area contributed by atoms with Gasteiger partial charge in [-0.2, -0.15) is 0 Å². The fourth-order valence-electron chi connectivity index (χ4n) is 2.06. The SMILES string of the molecule is CC(=O)OCCSC1=CC2CC(=O)N2[C@@H]1C(=O)O. The van der Waals surface area contributed by atoms with Crippen LogP contribution < -0.4 is 0 Å². The van der Waals surface area contributed by atoms with Gasteiger partial charge in [-0.15, -0.1) is 11.8 Å². The minimum Gasteiger partial charge on any atom is -0.479 e. The number of nitrogens with zero attached hydrogens (tertiary/aromatic N) is 1. The second-order valence-electron chi connectivity index (χ2n) is 4.07. The molecule has 1 fully saturated rings. The number of fused-ring (bicyclic) bond motifs is 1. The third kappa shape index (κ3) is 2.35. The highest BCUT2D eigenvalue weighted by Gasteiger charge is 2.49. The first-order chi connectivity index (χ1) is 8.50. The predicted molar refractivity (Wildman–Crippen MR) is 63.8 cm³/mol. The molecule has 0 saturated carbocycles. The monoisotopic (exact) mass is 271 g/mol. The van der Waals surface area contributed by atoms with Crippen molar-refractivity contribution in [1.82, 2.24) is 4.90 Å². The van der Waals surface area contributed by atoms with E-state index in [9.17, 15) is 14.4 Å². The minimum atomic E-state index is -1.02. The Labute approximate surface area is 108 Å². The quantitative estimate of drug-likeness (QED) is 0.438. The van der Waals surface area contributed by atoms with Crippen molar-refractivity contribution in [2.45, 2.75) is 25.4 Å². The maximum absolute atomic E-state index is 11.3. The predicted octanol–water partition coefficient (Wildman–Crippen LogP) is 0.234. The summed E-state index contributed by atoms with van der Waals surface area (Å²) in [5, 5.41) is 9.13. The van der Waals surface area contributed by atoms with Gasteiger partial charge in [0.25, 0.3) is 0 Å². The lowest BCUT2D eigenvalue weighted by Gasteiger charge is -2.37. The zero-order valence-electron chi connectivity index (χ0n) is 9.79. The number of carboxylic acid groups (broad SMARTS) is 1. The Morgan fingerprint density at radius 1 is 1.61 bits per heavy atom. The third-order valence-electron chi connectivity index (χ3n) is 2.82. The van der Waals surface area contributed by atoms with Crippen molar-refractivity contribution < 1.29 is 24.2 Å². The molecule has 2 rings (SSSR count). The molecule has 1 N–H and O–H groups in total. The maximum atomic E-state index is 11.3. The number of β-lactam (4-membered cyclic amide) rings is 1. The zero-order chi connectivity index (χ0) is 13.3. The molecule has 2 heterocycles. The van der Waals surface area contributed by atoms with Crippen LogP contribution in [0.2, 0.25) is 0 Å². The lowest BCUT2D eigenvalue weighted by atomic mass is 10.0. The van der Waals surface area contributed by atoms with Gasteiger partial charge in [0, 0.05) is 17.6 Å². The first kappa shape index (κ1) is 12.9. The summed E-state index contributed by atoms with van der Waals surface area (Å²) < 4.78 is 4.77. The molecule has 6 nitrogen and oxygen atoms in total. The lowest BCUT2D eigenvalue weighted by Crippen LogP contribution is -2.55. The lowest BCUT2D eigenvalue weighted by molar-refractivity contribution is -0.155. The largest absolute Gasteiger partial charge is 0.479 e. The molecule has 7 heteroatoms. The average molecular weight is 271 g/mol. The molecule has 0 aromatic rings. The van der Waals surface area contributed by atoms with Gasteiger partial charge in [0.2, 0.25) is 5.91 Å². The van der Waals surface area contributed by atoms with Crippen LogP contribution in [0.25, 0.3) is 0 Å². The van der Waals surface area contributed by atoms with Crippen molar-refractivity contribution in [3.05, 3.63) is 11.0 Å². The summed E-state index contributed by atoms with van der Waals surface area (Å²) in [6.45, 7) is 1.56. The highest BCUT2D eigenvalue weighted by Crippen LogP contribution is 2.39. The van der Waals surface area contributed by atoms with Crippen LogP contribution in [-0.2, 0) is 19.1 Å². The number of carboxylic acids is 1. The summed E-state index contributed by atoms with van der Waals surface area (Å²) in [4.78, 5) is 35.1. The van der Waals surface area contributed by atoms with Crippen molar-refractivity contribution in [3.8, 4) is 0 Å². The van der Waals surface area contributed by atoms with Gasteiger partial charge in [-0.3, -0.25) is 9.59 Å². The molecule has 0 radical (unpaired) electrons. The first-order valence-electron chi connectivity index (χ1n) is 5.52. The van der Waals surface area contributed by atoms with E-state index in [-0.39, 0.29) is 24.5 Å². The van der Waals surface area contributed by atoms with Gasteiger partial charge < -0.3 is 14.7 Å². The molecule has 1 saturated heterocycles. The number of rotatable bonds is 5. The van der Waals surface area contributed by atoms with Crippen molar-refractivity contribution in [2.24, 2.45) is 0 Å². The maximum Gasteiger partial charge on any atom is 0.331 e. The summed E-state index contributed by atoms with van der Waals surface area (Å²) in [5.41, 5.74) is 0. The molecule has 1 unspecified atom stereocenters. The number of hydrogen-bond acceptors (Lipinski definition) is 5. The van der Waals surface area contributed by atoms with E-state index in [0.29, 0.717) is 17.1 Å². The number of hydrogen-bond donors (Lipinski definition) is 1. The van der Waals surface area contributed by atoms with Gasteiger partial charge in [-0.1, -0.05) is 0 Å². The van der Waals surface area contributed by atoms with Crippen LogP contribution in [0.1, 0.15) is 13.3 Å². The number of carbonyl (C=O) groups excluding carboxylic acids is 2. The van der Waals surface area contributed by atoms with Crippen LogP contribution in [0.5, 0.6) is 0 Å². The molecular weight excluding hydrogens is 258 g/mol. The summed E-state index contributed by atoms with van der Waals surface area (Å²) in [7, 11) is 0. The molecule has 0 aromatic carbocycles. The number of carbonyl (C=O) groups is 3. The highest BCUT2D eigenvalue weighted by molar-refractivity contribution is 8.03. The van der Waals surface area contributed by atoms with Crippen LogP contribution in [0, 0.1) is 0 Å². The summed E-state index contributed by atoms with van der Waals surface area (Å²) in [5.74, 6) is -1.01. The second kappa shape index (κ2) is 5.01. The summed E-state index contributed by atoms with van der Waals surface area (Å²) in [6, 6.07) is -0.937. The van der Waals surface area contributed by atoms with Crippen molar-refractivity contribution >= 4 is 29.6 Å². The fourth-order valence-corrected chi connectivity index (χ4v) is 3.09. The van der Waals surface area contributed by atoms with E-state index in [0.717, 1.165) is 0 Å². The molecule has 0 aliphatic carbocycles. The standard InChI is InChI=1S/C11H13NO5S/c1-6(13)17-2-3-18-8-4-7-5-9(14)12(7)10(8)11(15)16/h4,7,10H,2-3,5H2,1H3,(H,15,16)/t7?,10-/m0/s1. The average Bonchev–Trinajstić information content (AvgIpc) is 2.57. The second-order valence-corrected chi connectivity index (χ2v) is 5.24. The van der Waals surface area contributed by atoms with Gasteiger partial charge in [0.1, 0.15) is 6.61 Å². The topological polar surface area (TPSA) is 83.9 Å². The normalized spacial score (nSPS) is 25.3. The smallest absolute Gasteiger partial charge is 0.331 e. The molecule has 0 bridgehead atoms. The minimum absolute atomic E-state index is 0.0742. The summed E-state index contributed by atoms with van der Waals surface area (Å²) >= 11 is 1.32. The Hall–Kier alpha value is -1.50. The molecule has 18 heavy (non-hydrogen) atoms. The molecule has 1 amide bonds. The van der Waals surface area contributed by atoms with E-state index < -0.39 is 12.0 Å². The highest BCUT2D eigenvalue weighted by atomic mass is 32.2. The van der Waals surface area contributed by atoms with Crippen LogP contribution in [0.15, 0.2) is 11.0 Å². The first-order valence-corrected chi connectivity index (χ1v) is 6.51. The van der Waals surface area contributed by atoms with Crippen LogP contribution in [0.4, 0.5) is 0 Å². The van der Waals surface area contributed by atoms with Crippen LogP contribution in [-0.4, -0.2) is 52.3 Å². The number of aliphatic carboxylic acids is 1. The summed E-state index contributed by atoms with van der Waals surface area (Å²) in [6.07, 6.45) is 2.20. The Kier molecular flexibility index (Phi) is 3.60. The van der Waals surface area contributed by atoms with Gasteiger partial charge in [0.05, 0.1) is 12.5 Å². The van der Waals surface area contributed by atoms with E-state index in [1.807, 2.05) is 6.08 Å². The Morgan fingerprint density at radius 2 is 2.33 bits per heavy atom. The molecule has 0 aromatic heterocycles. The third-order valence-corrected chi connectivity index (χ3v) is 3.89. The molecule has 2 aliphatic rings. The van der Waals surface area contributed by atoms with Gasteiger partial charge in [0.15, 0.2) is 6.04 Å². The van der Waals surface area contributed by atoms with E-state index in [4.69, 9.17) is 9.84 Å². The van der Waals surface area contributed by atoms with E-state index >= 15 is 0 Å². The van der Waals surface area contributed by atoms with Crippen LogP contribution >= 0.6 is 11.8 Å². The van der Waals surface area contributed by atoms with Gasteiger partial charge >= 0.3 is 11.9 Å². The van der Waals surface area contributed by atoms with Crippen molar-refractivity contribution in [1.29, 1.82) is 0 Å². The van der Waals surface area contributed by atoms with E-state index in [1.165, 1.54) is 23.6 Å². The zero-order valence-corrected chi connectivity index (χ0v) is 10.6. The van der Waals surface area contributed by atoms with Gasteiger partial charge in [-0.05, 0) is 6.08 Å². The van der Waals surface area contributed by atoms with Gasteiger partial charge in [-0.25, -0.2) is 4.79 Å². The fraction of sp³-hybridized carbons (Fsp3) is 0.545. The van der Waals surface area contributed by atoms with E-state index in [2.05, 4.69) is 0 Å². The molecule has 2 aliphatic heterocycles. The van der Waals surface area contributed by atoms with Crippen molar-refractivity contribution in [2.75, 3.05) is 12.4 Å². The molecule has 0 spiro atoms. The Balaban J connectivity index is 1.91. The number of amides is 1. The number of thioether (sulfide) groups is 1. The Bertz CT molecular complexity index is 433. The number of esters is 1. The molecule has 2 atom stereocenters. The van der Waals surface area contributed by atoms with Crippen molar-refractivity contribution in [3.63, 3.8) is 0 Å².